The molecule has 2 N–H and O–H groups in total. The van der Waals surface area contributed by atoms with Gasteiger partial charge in [-0.2, -0.15) is 0 Å². The summed E-state index contributed by atoms with van der Waals surface area (Å²) in [6.45, 7) is 0. The van der Waals surface area contributed by atoms with E-state index in [1.165, 1.54) is 49.7 Å². The SMILES string of the molecule is CN(C1CCCCCC1)C1Cc2ccccc2C1N. The fourth-order valence-electron chi connectivity index (χ4n) is 3.94. The average molecular weight is 258 g/mol. The van der Waals surface area contributed by atoms with Crippen molar-refractivity contribution in [3.05, 3.63) is 35.4 Å². The molecule has 1 saturated carbocycles. The molecule has 104 valence electrons. The molecule has 0 bridgehead atoms. The first kappa shape index (κ1) is 13.1. The summed E-state index contributed by atoms with van der Waals surface area (Å²) in [4.78, 5) is 2.59. The maximum Gasteiger partial charge on any atom is 0.0459 e. The first-order valence-corrected chi connectivity index (χ1v) is 7.82. The third-order valence-electron chi connectivity index (χ3n) is 5.18. The Labute approximate surface area is 117 Å². The van der Waals surface area contributed by atoms with Crippen molar-refractivity contribution >= 4 is 0 Å². The molecule has 3 rings (SSSR count). The highest BCUT2D eigenvalue weighted by molar-refractivity contribution is 5.36. The zero-order valence-electron chi connectivity index (χ0n) is 12.0. The number of hydrogen-bond acceptors (Lipinski definition) is 2. The minimum Gasteiger partial charge on any atom is -0.323 e. The number of rotatable bonds is 2. The zero-order valence-corrected chi connectivity index (χ0v) is 12.0. The topological polar surface area (TPSA) is 29.3 Å². The summed E-state index contributed by atoms with van der Waals surface area (Å²) in [6, 6.07) is 10.2. The number of nitrogens with two attached hydrogens (primary N) is 1. The van der Waals surface area contributed by atoms with Crippen molar-refractivity contribution in [3.63, 3.8) is 0 Å². The van der Waals surface area contributed by atoms with Gasteiger partial charge in [0.05, 0.1) is 0 Å². The van der Waals surface area contributed by atoms with Gasteiger partial charge in [-0.3, -0.25) is 4.90 Å². The molecule has 1 aromatic carbocycles. The van der Waals surface area contributed by atoms with Gasteiger partial charge in [0.25, 0.3) is 0 Å². The van der Waals surface area contributed by atoms with Gasteiger partial charge in [-0.05, 0) is 37.4 Å². The van der Waals surface area contributed by atoms with Gasteiger partial charge < -0.3 is 5.73 Å². The summed E-state index contributed by atoms with van der Waals surface area (Å²) in [6.07, 6.45) is 9.47. The Morgan fingerprint density at radius 3 is 2.42 bits per heavy atom. The second kappa shape index (κ2) is 5.64. The van der Waals surface area contributed by atoms with E-state index in [0.717, 1.165) is 12.5 Å². The highest BCUT2D eigenvalue weighted by atomic mass is 15.2. The van der Waals surface area contributed by atoms with Crippen LogP contribution in [0.4, 0.5) is 0 Å². The fourth-order valence-corrected chi connectivity index (χ4v) is 3.94. The lowest BCUT2D eigenvalue weighted by Crippen LogP contribution is -2.44. The first-order chi connectivity index (χ1) is 9.27. The Morgan fingerprint density at radius 1 is 1.05 bits per heavy atom. The first-order valence-electron chi connectivity index (χ1n) is 7.82. The van der Waals surface area contributed by atoms with E-state index in [9.17, 15) is 0 Å². The van der Waals surface area contributed by atoms with E-state index in [4.69, 9.17) is 5.73 Å². The maximum atomic E-state index is 6.50. The van der Waals surface area contributed by atoms with Crippen LogP contribution in [0.2, 0.25) is 0 Å². The minimum absolute atomic E-state index is 0.199. The van der Waals surface area contributed by atoms with E-state index in [0.29, 0.717) is 6.04 Å². The molecule has 0 aliphatic heterocycles. The molecular weight excluding hydrogens is 232 g/mol. The van der Waals surface area contributed by atoms with E-state index in [1.54, 1.807) is 0 Å². The van der Waals surface area contributed by atoms with Gasteiger partial charge in [-0.25, -0.2) is 0 Å². The molecular formula is C17H26N2. The Kier molecular flexibility index (Phi) is 3.90. The lowest BCUT2D eigenvalue weighted by molar-refractivity contribution is 0.144. The molecule has 2 nitrogen and oxygen atoms in total. The molecule has 2 unspecified atom stereocenters. The van der Waals surface area contributed by atoms with Crippen LogP contribution in [0.1, 0.15) is 55.7 Å². The highest BCUT2D eigenvalue weighted by Gasteiger charge is 2.34. The third-order valence-corrected chi connectivity index (χ3v) is 5.18. The van der Waals surface area contributed by atoms with E-state index >= 15 is 0 Å². The molecule has 0 saturated heterocycles. The van der Waals surface area contributed by atoms with Gasteiger partial charge in [0.1, 0.15) is 0 Å². The van der Waals surface area contributed by atoms with E-state index in [1.807, 2.05) is 0 Å². The number of fused-ring (bicyclic) bond motifs is 1. The Morgan fingerprint density at radius 2 is 1.74 bits per heavy atom. The van der Waals surface area contributed by atoms with Crippen LogP contribution < -0.4 is 5.73 Å². The third kappa shape index (κ3) is 2.56. The highest BCUT2D eigenvalue weighted by Crippen LogP contribution is 2.34. The maximum absolute atomic E-state index is 6.50. The molecule has 1 aromatic rings. The van der Waals surface area contributed by atoms with Gasteiger partial charge in [0.15, 0.2) is 0 Å². The number of nitrogens with zero attached hydrogens (tertiary/aromatic N) is 1. The second-order valence-electron chi connectivity index (χ2n) is 6.31. The molecule has 2 aliphatic carbocycles. The molecule has 0 amide bonds. The average Bonchev–Trinajstić information content (AvgIpc) is 2.64. The van der Waals surface area contributed by atoms with Crippen molar-refractivity contribution in [2.24, 2.45) is 5.73 Å². The summed E-state index contributed by atoms with van der Waals surface area (Å²) in [7, 11) is 2.30. The minimum atomic E-state index is 0.199. The van der Waals surface area contributed by atoms with E-state index in [-0.39, 0.29) is 6.04 Å². The Balaban J connectivity index is 1.73. The lowest BCUT2D eigenvalue weighted by Gasteiger charge is -2.35. The van der Waals surface area contributed by atoms with Gasteiger partial charge in [-0.1, -0.05) is 49.9 Å². The molecule has 0 heterocycles. The normalized spacial score (nSPS) is 28.4. The van der Waals surface area contributed by atoms with Crippen LogP contribution in [0.3, 0.4) is 0 Å². The van der Waals surface area contributed by atoms with Crippen LogP contribution in [0.15, 0.2) is 24.3 Å². The van der Waals surface area contributed by atoms with Crippen molar-refractivity contribution in [1.82, 2.24) is 4.90 Å². The van der Waals surface area contributed by atoms with Crippen LogP contribution in [0, 0.1) is 0 Å². The summed E-state index contributed by atoms with van der Waals surface area (Å²) in [5.41, 5.74) is 9.32. The van der Waals surface area contributed by atoms with Crippen LogP contribution >= 0.6 is 0 Å². The van der Waals surface area contributed by atoms with Crippen molar-refractivity contribution in [2.75, 3.05) is 7.05 Å². The second-order valence-corrected chi connectivity index (χ2v) is 6.31. The quantitative estimate of drug-likeness (QED) is 0.825. The molecule has 2 atom stereocenters. The largest absolute Gasteiger partial charge is 0.323 e. The summed E-state index contributed by atoms with van der Waals surface area (Å²) < 4.78 is 0. The molecule has 2 heteroatoms. The summed E-state index contributed by atoms with van der Waals surface area (Å²) in [5, 5.41) is 0. The van der Waals surface area contributed by atoms with Crippen molar-refractivity contribution in [2.45, 2.75) is 63.1 Å². The molecule has 1 fully saturated rings. The van der Waals surface area contributed by atoms with Crippen LogP contribution in [0.5, 0.6) is 0 Å². The fraction of sp³-hybridized carbons (Fsp3) is 0.647. The zero-order chi connectivity index (χ0) is 13.2. The molecule has 2 aliphatic rings. The standard InChI is InChI=1S/C17H26N2/c1-19(14-9-4-2-3-5-10-14)16-12-13-8-6-7-11-15(13)17(16)18/h6-8,11,14,16-17H,2-5,9-10,12,18H2,1H3. The van der Waals surface area contributed by atoms with Gasteiger partial charge in [0, 0.05) is 18.1 Å². The number of likely N-dealkylation sites (N-methyl/N-ethyl adjacent to an activating group) is 1. The molecule has 0 aromatic heterocycles. The Hall–Kier alpha value is -0.860. The van der Waals surface area contributed by atoms with Crippen LogP contribution in [-0.4, -0.2) is 24.0 Å². The number of benzene rings is 1. The van der Waals surface area contributed by atoms with Gasteiger partial charge in [-0.15, -0.1) is 0 Å². The van der Waals surface area contributed by atoms with Crippen molar-refractivity contribution in [3.8, 4) is 0 Å². The molecule has 19 heavy (non-hydrogen) atoms. The van der Waals surface area contributed by atoms with Crippen molar-refractivity contribution in [1.29, 1.82) is 0 Å². The summed E-state index contributed by atoms with van der Waals surface area (Å²) in [5.74, 6) is 0. The predicted molar refractivity (Wildman–Crippen MR) is 80.1 cm³/mol. The van der Waals surface area contributed by atoms with Crippen molar-refractivity contribution < 1.29 is 0 Å². The lowest BCUT2D eigenvalue weighted by atomic mass is 10.0. The van der Waals surface area contributed by atoms with Crippen LogP contribution in [-0.2, 0) is 6.42 Å². The van der Waals surface area contributed by atoms with Gasteiger partial charge >= 0.3 is 0 Å². The molecule has 0 radical (unpaired) electrons. The number of hydrogen-bond donors (Lipinski definition) is 1. The van der Waals surface area contributed by atoms with E-state index in [2.05, 4.69) is 36.2 Å². The monoisotopic (exact) mass is 258 g/mol. The van der Waals surface area contributed by atoms with E-state index < -0.39 is 0 Å². The summed E-state index contributed by atoms with van der Waals surface area (Å²) >= 11 is 0. The Bertz CT molecular complexity index is 421. The molecule has 0 spiro atoms. The van der Waals surface area contributed by atoms with Gasteiger partial charge in [0.2, 0.25) is 0 Å². The predicted octanol–water partition coefficient (Wildman–Crippen LogP) is 3.27. The van der Waals surface area contributed by atoms with Crippen LogP contribution in [0.25, 0.3) is 0 Å². The smallest absolute Gasteiger partial charge is 0.0459 e.